The Bertz CT molecular complexity index is 796. The number of rotatable bonds is 4. The molecule has 1 N–H and O–H groups in total. The number of nitrogens with zero attached hydrogens (tertiary/aromatic N) is 5. The summed E-state index contributed by atoms with van der Waals surface area (Å²) in [5.41, 5.74) is 0. The molecule has 0 aromatic carbocycles. The van der Waals surface area contributed by atoms with Gasteiger partial charge in [-0.05, 0) is 25.3 Å². The molecular formula is C17H20N6O2S. The molecule has 2 aliphatic rings. The third kappa shape index (κ3) is 3.57. The van der Waals surface area contributed by atoms with E-state index in [1.54, 1.807) is 10.9 Å². The van der Waals surface area contributed by atoms with Crippen LogP contribution < -0.4 is 10.2 Å². The normalized spacial score (nSPS) is 23.2. The number of hydrogen-bond donors (Lipinski definition) is 1. The molecule has 0 saturated carbocycles. The predicted octanol–water partition coefficient (Wildman–Crippen LogP) is 1.03. The number of thioether (sulfide) groups is 1. The van der Waals surface area contributed by atoms with Crippen LogP contribution in [0.1, 0.15) is 19.3 Å². The maximum atomic E-state index is 12.6. The van der Waals surface area contributed by atoms with E-state index in [1.807, 2.05) is 18.3 Å². The molecule has 9 heteroatoms. The second-order valence-electron chi connectivity index (χ2n) is 6.49. The van der Waals surface area contributed by atoms with Gasteiger partial charge in [-0.2, -0.15) is 5.10 Å². The Labute approximate surface area is 155 Å². The maximum Gasteiger partial charge on any atom is 0.225 e. The summed E-state index contributed by atoms with van der Waals surface area (Å²) in [5.74, 6) is 2.11. The minimum Gasteiger partial charge on any atom is -0.356 e. The standard InChI is InChI=1S/C17H20N6O2S/c24-16(21-13-4-8-26-17(13)25)12-3-1-6-22(10-12)14-9-15(19-11-18-14)23-7-2-5-20-23/h2,5,7,9,11-13H,1,3-4,6,8,10H2,(H,21,24)/t12-,13-/m0/s1. The zero-order valence-electron chi connectivity index (χ0n) is 14.2. The highest BCUT2D eigenvalue weighted by molar-refractivity contribution is 8.14. The number of piperidine rings is 1. The first-order valence-electron chi connectivity index (χ1n) is 8.75. The van der Waals surface area contributed by atoms with E-state index in [4.69, 9.17) is 0 Å². The highest BCUT2D eigenvalue weighted by Crippen LogP contribution is 2.24. The Morgan fingerprint density at radius 1 is 1.27 bits per heavy atom. The summed E-state index contributed by atoms with van der Waals surface area (Å²) >= 11 is 1.30. The minimum absolute atomic E-state index is 0.0306. The van der Waals surface area contributed by atoms with Gasteiger partial charge in [0.2, 0.25) is 11.0 Å². The van der Waals surface area contributed by atoms with Gasteiger partial charge < -0.3 is 10.2 Å². The third-order valence-electron chi connectivity index (χ3n) is 4.75. The number of anilines is 1. The molecule has 2 aromatic heterocycles. The molecule has 0 aliphatic carbocycles. The fourth-order valence-corrected chi connectivity index (χ4v) is 4.29. The lowest BCUT2D eigenvalue weighted by molar-refractivity contribution is -0.128. The van der Waals surface area contributed by atoms with Crippen LogP contribution in [-0.2, 0) is 9.59 Å². The van der Waals surface area contributed by atoms with E-state index < -0.39 is 0 Å². The van der Waals surface area contributed by atoms with Crippen LogP contribution in [-0.4, -0.2) is 55.7 Å². The van der Waals surface area contributed by atoms with Crippen molar-refractivity contribution in [2.24, 2.45) is 5.92 Å². The molecule has 0 bridgehead atoms. The molecule has 0 radical (unpaired) electrons. The van der Waals surface area contributed by atoms with Gasteiger partial charge in [-0.25, -0.2) is 14.6 Å². The summed E-state index contributed by atoms with van der Waals surface area (Å²) in [4.78, 5) is 35.0. The van der Waals surface area contributed by atoms with Crippen LogP contribution in [0, 0.1) is 5.92 Å². The Kier molecular flexibility index (Phi) is 4.87. The highest BCUT2D eigenvalue weighted by Gasteiger charge is 2.32. The van der Waals surface area contributed by atoms with Gasteiger partial charge in [0.05, 0.1) is 12.0 Å². The number of aromatic nitrogens is 4. The molecule has 2 atom stereocenters. The summed E-state index contributed by atoms with van der Waals surface area (Å²) < 4.78 is 1.68. The van der Waals surface area contributed by atoms with Gasteiger partial charge in [0.1, 0.15) is 12.1 Å². The number of carbonyl (C=O) groups excluding carboxylic acids is 2. The van der Waals surface area contributed by atoms with E-state index in [1.165, 1.54) is 18.1 Å². The first-order valence-corrected chi connectivity index (χ1v) is 9.73. The molecule has 136 valence electrons. The topological polar surface area (TPSA) is 93.0 Å². The van der Waals surface area contributed by atoms with Crippen molar-refractivity contribution in [1.82, 2.24) is 25.1 Å². The van der Waals surface area contributed by atoms with E-state index >= 15 is 0 Å². The molecule has 0 unspecified atom stereocenters. The molecule has 8 nitrogen and oxygen atoms in total. The van der Waals surface area contributed by atoms with Gasteiger partial charge in [-0.1, -0.05) is 11.8 Å². The third-order valence-corrected chi connectivity index (χ3v) is 5.75. The SMILES string of the molecule is O=C(N[C@H]1CCSC1=O)[C@H]1CCCN(c2cc(-n3cccn3)ncn2)C1. The molecular weight excluding hydrogens is 352 g/mol. The number of nitrogens with one attached hydrogen (secondary N) is 1. The van der Waals surface area contributed by atoms with Crippen molar-refractivity contribution in [3.63, 3.8) is 0 Å². The maximum absolute atomic E-state index is 12.6. The lowest BCUT2D eigenvalue weighted by Crippen LogP contribution is -2.47. The molecule has 2 aliphatic heterocycles. The van der Waals surface area contributed by atoms with Crippen LogP contribution in [0.5, 0.6) is 0 Å². The minimum atomic E-state index is -0.326. The molecule has 4 rings (SSSR count). The van der Waals surface area contributed by atoms with Crippen molar-refractivity contribution in [2.45, 2.75) is 25.3 Å². The number of hydrogen-bond acceptors (Lipinski definition) is 7. The summed E-state index contributed by atoms with van der Waals surface area (Å²) in [6.45, 7) is 1.44. The van der Waals surface area contributed by atoms with Gasteiger partial charge >= 0.3 is 0 Å². The molecule has 2 saturated heterocycles. The average molecular weight is 372 g/mol. The van der Waals surface area contributed by atoms with Gasteiger partial charge in [0.15, 0.2) is 5.82 Å². The van der Waals surface area contributed by atoms with Crippen molar-refractivity contribution < 1.29 is 9.59 Å². The second-order valence-corrected chi connectivity index (χ2v) is 7.59. The molecule has 4 heterocycles. The lowest BCUT2D eigenvalue weighted by atomic mass is 9.96. The van der Waals surface area contributed by atoms with Gasteiger partial charge in [0.25, 0.3) is 0 Å². The predicted molar refractivity (Wildman–Crippen MR) is 98.1 cm³/mol. The van der Waals surface area contributed by atoms with Gasteiger partial charge in [0, 0.05) is 37.3 Å². The van der Waals surface area contributed by atoms with Crippen LogP contribution in [0.25, 0.3) is 5.82 Å². The van der Waals surface area contributed by atoms with Gasteiger partial charge in [-0.3, -0.25) is 9.59 Å². The van der Waals surface area contributed by atoms with E-state index in [9.17, 15) is 9.59 Å². The zero-order valence-corrected chi connectivity index (χ0v) is 15.1. The Morgan fingerprint density at radius 2 is 2.15 bits per heavy atom. The van der Waals surface area contributed by atoms with Crippen LogP contribution in [0.2, 0.25) is 0 Å². The summed E-state index contributed by atoms with van der Waals surface area (Å²) in [6.07, 6.45) is 7.51. The average Bonchev–Trinajstić information content (AvgIpc) is 3.35. The first kappa shape index (κ1) is 17.0. The molecule has 26 heavy (non-hydrogen) atoms. The van der Waals surface area contributed by atoms with Crippen LogP contribution in [0.4, 0.5) is 5.82 Å². The smallest absolute Gasteiger partial charge is 0.225 e. The van der Waals surface area contributed by atoms with Crippen molar-refractivity contribution in [3.05, 3.63) is 30.9 Å². The zero-order chi connectivity index (χ0) is 17.9. The fraction of sp³-hybridized carbons (Fsp3) is 0.471. The molecule has 2 fully saturated rings. The highest BCUT2D eigenvalue weighted by atomic mass is 32.2. The van der Waals surface area contributed by atoms with Crippen LogP contribution in [0.3, 0.4) is 0 Å². The molecule has 2 aromatic rings. The van der Waals surface area contributed by atoms with Crippen molar-refractivity contribution in [3.8, 4) is 5.82 Å². The first-order chi connectivity index (χ1) is 12.7. The molecule has 0 spiro atoms. The summed E-state index contributed by atoms with van der Waals surface area (Å²) in [7, 11) is 0. The van der Waals surface area contributed by atoms with E-state index in [2.05, 4.69) is 25.3 Å². The quantitative estimate of drug-likeness (QED) is 0.857. The number of carbonyl (C=O) groups is 2. The van der Waals surface area contributed by atoms with Crippen molar-refractivity contribution >= 4 is 28.6 Å². The second kappa shape index (κ2) is 7.45. The lowest BCUT2D eigenvalue weighted by Gasteiger charge is -2.33. The number of amides is 1. The van der Waals surface area contributed by atoms with E-state index in [0.717, 1.165) is 37.4 Å². The summed E-state index contributed by atoms with van der Waals surface area (Å²) in [5, 5.41) is 7.19. The van der Waals surface area contributed by atoms with Crippen LogP contribution in [0.15, 0.2) is 30.9 Å². The monoisotopic (exact) mass is 372 g/mol. The summed E-state index contributed by atoms with van der Waals surface area (Å²) in [6, 6.07) is 3.39. The Hall–Kier alpha value is -2.42. The largest absolute Gasteiger partial charge is 0.356 e. The van der Waals surface area contributed by atoms with Gasteiger partial charge in [-0.15, -0.1) is 0 Å². The Balaban J connectivity index is 1.44. The van der Waals surface area contributed by atoms with Crippen molar-refractivity contribution in [2.75, 3.05) is 23.7 Å². The van der Waals surface area contributed by atoms with Crippen molar-refractivity contribution in [1.29, 1.82) is 0 Å². The Morgan fingerprint density at radius 3 is 2.92 bits per heavy atom. The van der Waals surface area contributed by atoms with E-state index in [-0.39, 0.29) is 23.0 Å². The van der Waals surface area contributed by atoms with Crippen LogP contribution >= 0.6 is 11.8 Å². The van der Waals surface area contributed by atoms with E-state index in [0.29, 0.717) is 12.4 Å². The molecule has 1 amide bonds. The fourth-order valence-electron chi connectivity index (χ4n) is 3.36.